The second kappa shape index (κ2) is 7.34. The van der Waals surface area contributed by atoms with E-state index in [1.54, 1.807) is 13.8 Å². The number of carbonyl (C=O) groups excluding carboxylic acids is 1. The number of carboxylic acids is 1. The molecule has 0 radical (unpaired) electrons. The van der Waals surface area contributed by atoms with E-state index < -0.39 is 34.8 Å². The maximum atomic E-state index is 12.6. The summed E-state index contributed by atoms with van der Waals surface area (Å²) in [6.45, 7) is 4.84. The molecule has 2 atom stereocenters. The quantitative estimate of drug-likeness (QED) is 0.463. The van der Waals surface area contributed by atoms with Gasteiger partial charge in [0, 0.05) is 18.1 Å². The first-order chi connectivity index (χ1) is 12.1. The number of ether oxygens (including phenoxy) is 1. The van der Waals surface area contributed by atoms with E-state index in [1.807, 2.05) is 0 Å². The van der Waals surface area contributed by atoms with Crippen molar-refractivity contribution in [3.05, 3.63) is 51.2 Å². The fourth-order valence-electron chi connectivity index (χ4n) is 2.90. The van der Waals surface area contributed by atoms with E-state index in [4.69, 9.17) is 10.5 Å². The van der Waals surface area contributed by atoms with Gasteiger partial charge >= 0.3 is 11.9 Å². The molecule has 9 nitrogen and oxygen atoms in total. The molecule has 0 aromatic heterocycles. The van der Waals surface area contributed by atoms with Crippen LogP contribution < -0.4 is 5.73 Å². The van der Waals surface area contributed by atoms with Gasteiger partial charge in [0.15, 0.2) is 0 Å². The summed E-state index contributed by atoms with van der Waals surface area (Å²) >= 11 is 0. The molecule has 0 spiro atoms. The average molecular weight is 361 g/mol. The van der Waals surface area contributed by atoms with E-state index in [-0.39, 0.29) is 28.4 Å². The molecule has 2 rings (SSSR count). The number of allylic oxidation sites excluding steroid dienone is 1. The van der Waals surface area contributed by atoms with Crippen LogP contribution >= 0.6 is 0 Å². The maximum Gasteiger partial charge on any atom is 0.336 e. The fraction of sp³-hybridized carbons (Fsp3) is 0.353. The third-order valence-corrected chi connectivity index (χ3v) is 3.92. The van der Waals surface area contributed by atoms with Gasteiger partial charge in [-0.05, 0) is 26.3 Å². The number of nitrogens with two attached hydrogens (primary N) is 1. The minimum absolute atomic E-state index is 0.0285. The first-order valence-corrected chi connectivity index (χ1v) is 7.86. The van der Waals surface area contributed by atoms with E-state index >= 15 is 0 Å². The number of rotatable bonds is 5. The van der Waals surface area contributed by atoms with Gasteiger partial charge in [-0.2, -0.15) is 0 Å². The van der Waals surface area contributed by atoms with Gasteiger partial charge < -0.3 is 15.6 Å². The fourth-order valence-corrected chi connectivity index (χ4v) is 2.90. The van der Waals surface area contributed by atoms with E-state index in [9.17, 15) is 24.8 Å². The number of nitrogens with zero attached hydrogens (tertiary/aromatic N) is 2. The number of aliphatic carboxylic acids is 1. The van der Waals surface area contributed by atoms with E-state index in [0.717, 1.165) is 0 Å². The zero-order valence-corrected chi connectivity index (χ0v) is 14.5. The Morgan fingerprint density at radius 1 is 1.38 bits per heavy atom. The number of carbonyl (C=O) groups is 2. The van der Waals surface area contributed by atoms with Gasteiger partial charge in [0.25, 0.3) is 5.69 Å². The molecule has 0 bridgehead atoms. The van der Waals surface area contributed by atoms with Crippen molar-refractivity contribution >= 4 is 23.5 Å². The van der Waals surface area contributed by atoms with Crippen molar-refractivity contribution in [3.63, 3.8) is 0 Å². The third kappa shape index (κ3) is 3.71. The lowest BCUT2D eigenvalue weighted by molar-refractivity contribution is -0.384. The van der Waals surface area contributed by atoms with Gasteiger partial charge in [-0.15, -0.1) is 0 Å². The molecule has 0 saturated heterocycles. The molecule has 9 heteroatoms. The standard InChI is InChI=1S/C17H19N3O6/c1-8(2)26-17(23)12-9(3)19-15(18)14(16(21)22)13(12)10-5-4-6-11(7-10)20(24)25/h4-8,13-14H,1-3H3,(H2,18,19)(H,21,22). The molecule has 0 amide bonds. The van der Waals surface area contributed by atoms with E-state index in [2.05, 4.69) is 4.99 Å². The molecule has 3 N–H and O–H groups in total. The summed E-state index contributed by atoms with van der Waals surface area (Å²) in [6.07, 6.45) is -0.430. The molecule has 1 aliphatic rings. The highest BCUT2D eigenvalue weighted by Gasteiger charge is 2.42. The Kier molecular flexibility index (Phi) is 5.39. The Morgan fingerprint density at radius 3 is 2.58 bits per heavy atom. The molecule has 1 aromatic carbocycles. The zero-order chi connectivity index (χ0) is 19.6. The molecule has 0 fully saturated rings. The van der Waals surface area contributed by atoms with E-state index in [0.29, 0.717) is 0 Å². The Morgan fingerprint density at radius 2 is 2.04 bits per heavy atom. The number of non-ortho nitro benzene ring substituents is 1. The van der Waals surface area contributed by atoms with Gasteiger partial charge in [0.2, 0.25) is 0 Å². The lowest BCUT2D eigenvalue weighted by Gasteiger charge is -2.30. The van der Waals surface area contributed by atoms with Crippen molar-refractivity contribution in [3.8, 4) is 0 Å². The van der Waals surface area contributed by atoms with Gasteiger partial charge in [0.05, 0.1) is 22.3 Å². The van der Waals surface area contributed by atoms with Crippen LogP contribution in [0.3, 0.4) is 0 Å². The highest BCUT2D eigenvalue weighted by molar-refractivity contribution is 6.05. The number of esters is 1. The third-order valence-electron chi connectivity index (χ3n) is 3.92. The van der Waals surface area contributed by atoms with Crippen molar-refractivity contribution in [1.82, 2.24) is 0 Å². The van der Waals surface area contributed by atoms with Crippen LogP contribution in [0.2, 0.25) is 0 Å². The minimum atomic E-state index is -1.34. The van der Waals surface area contributed by atoms with Crippen molar-refractivity contribution in [2.75, 3.05) is 0 Å². The molecule has 1 aromatic rings. The minimum Gasteiger partial charge on any atom is -0.481 e. The summed E-state index contributed by atoms with van der Waals surface area (Å²) in [4.78, 5) is 38.8. The Bertz CT molecular complexity index is 828. The summed E-state index contributed by atoms with van der Waals surface area (Å²) in [6, 6.07) is 5.45. The molecule has 0 aliphatic carbocycles. The van der Waals surface area contributed by atoms with Crippen LogP contribution in [0.1, 0.15) is 32.3 Å². The highest BCUT2D eigenvalue weighted by Crippen LogP contribution is 2.39. The van der Waals surface area contributed by atoms with Crippen LogP contribution in [-0.4, -0.2) is 33.9 Å². The summed E-state index contributed by atoms with van der Waals surface area (Å²) in [5.74, 6) is -4.57. The Hall–Kier alpha value is -3.23. The number of hydrogen-bond acceptors (Lipinski definition) is 7. The van der Waals surface area contributed by atoms with Crippen molar-refractivity contribution in [2.45, 2.75) is 32.8 Å². The number of carboxylic acid groups (broad SMARTS) is 1. The van der Waals surface area contributed by atoms with Crippen molar-refractivity contribution < 1.29 is 24.4 Å². The van der Waals surface area contributed by atoms with Crippen LogP contribution in [0.5, 0.6) is 0 Å². The number of aliphatic imine (C=N–C) groups is 1. The smallest absolute Gasteiger partial charge is 0.336 e. The molecular formula is C17H19N3O6. The molecule has 2 unspecified atom stereocenters. The Labute approximate surface area is 149 Å². The second-order valence-corrected chi connectivity index (χ2v) is 6.14. The predicted molar refractivity (Wildman–Crippen MR) is 92.5 cm³/mol. The monoisotopic (exact) mass is 361 g/mol. The summed E-state index contributed by atoms with van der Waals surface area (Å²) in [5.41, 5.74) is 6.12. The van der Waals surface area contributed by atoms with E-state index in [1.165, 1.54) is 31.2 Å². The van der Waals surface area contributed by atoms with Crippen LogP contribution in [0.25, 0.3) is 0 Å². The molecule has 138 valence electrons. The lowest BCUT2D eigenvalue weighted by atomic mass is 9.77. The van der Waals surface area contributed by atoms with Crippen LogP contribution in [-0.2, 0) is 14.3 Å². The number of nitro groups is 1. The van der Waals surface area contributed by atoms with Crippen molar-refractivity contribution in [2.24, 2.45) is 16.6 Å². The first-order valence-electron chi connectivity index (χ1n) is 7.86. The Balaban J connectivity index is 2.66. The highest BCUT2D eigenvalue weighted by atomic mass is 16.6. The summed E-state index contributed by atoms with van der Waals surface area (Å²) in [5, 5.41) is 20.7. The molecule has 1 heterocycles. The first kappa shape index (κ1) is 19.1. The lowest BCUT2D eigenvalue weighted by Crippen LogP contribution is -2.40. The van der Waals surface area contributed by atoms with Gasteiger partial charge in [-0.1, -0.05) is 12.1 Å². The molecule has 1 aliphatic heterocycles. The summed E-state index contributed by atoms with van der Waals surface area (Å²) in [7, 11) is 0. The van der Waals surface area contributed by atoms with Crippen LogP contribution in [0.4, 0.5) is 5.69 Å². The SMILES string of the molecule is CC1=C(C(=O)OC(C)C)C(c2cccc([N+](=O)[O-])c2)C(C(=O)O)C(N)=N1. The normalized spacial score (nSPS) is 19.9. The van der Waals surface area contributed by atoms with Crippen molar-refractivity contribution in [1.29, 1.82) is 0 Å². The molecule has 26 heavy (non-hydrogen) atoms. The molecule has 0 saturated carbocycles. The van der Waals surface area contributed by atoms with Gasteiger partial charge in [0.1, 0.15) is 11.8 Å². The van der Waals surface area contributed by atoms with Gasteiger partial charge in [-0.3, -0.25) is 14.9 Å². The molecular weight excluding hydrogens is 342 g/mol. The predicted octanol–water partition coefficient (Wildman–Crippen LogP) is 1.98. The van der Waals surface area contributed by atoms with Crippen LogP contribution in [0, 0.1) is 16.0 Å². The van der Waals surface area contributed by atoms with Crippen LogP contribution in [0.15, 0.2) is 40.5 Å². The second-order valence-electron chi connectivity index (χ2n) is 6.14. The average Bonchev–Trinajstić information content (AvgIpc) is 2.52. The number of hydrogen-bond donors (Lipinski definition) is 2. The zero-order valence-electron chi connectivity index (χ0n) is 14.5. The summed E-state index contributed by atoms with van der Waals surface area (Å²) < 4.78 is 5.22. The number of amidine groups is 1. The number of benzene rings is 1. The topological polar surface area (TPSA) is 145 Å². The van der Waals surface area contributed by atoms with Gasteiger partial charge in [-0.25, -0.2) is 9.79 Å². The number of nitro benzene ring substituents is 1. The largest absolute Gasteiger partial charge is 0.481 e. The maximum absolute atomic E-state index is 12.6.